The molecule has 1 saturated heterocycles. The molecule has 2 aromatic rings. The van der Waals surface area contributed by atoms with Crippen LogP contribution in [-0.4, -0.2) is 24.8 Å². The molecule has 0 radical (unpaired) electrons. The molecule has 8 heteroatoms. The smallest absolute Gasteiger partial charge is 0.264 e. The Morgan fingerprint density at radius 1 is 1.19 bits per heavy atom. The zero-order valence-electron chi connectivity index (χ0n) is 14.6. The lowest BCUT2D eigenvalue weighted by Crippen LogP contribution is -2.19. The van der Waals surface area contributed by atoms with E-state index in [1.165, 1.54) is 11.8 Å². The third-order valence-electron chi connectivity index (χ3n) is 3.55. The number of amidine groups is 1. The van der Waals surface area contributed by atoms with Gasteiger partial charge < -0.3 is 14.8 Å². The number of amides is 1. The van der Waals surface area contributed by atoms with E-state index in [9.17, 15) is 4.79 Å². The fourth-order valence-corrected chi connectivity index (χ4v) is 4.78. The molecule has 0 bridgehead atoms. The van der Waals surface area contributed by atoms with Crippen molar-refractivity contribution in [2.45, 2.75) is 6.92 Å². The molecule has 1 N–H and O–H groups in total. The first-order chi connectivity index (χ1) is 13.0. The average Bonchev–Trinajstić information content (AvgIpc) is 2.96. The fourth-order valence-electron chi connectivity index (χ4n) is 2.39. The second-order valence-corrected chi connectivity index (χ2v) is 8.17. The summed E-state index contributed by atoms with van der Waals surface area (Å²) in [5.74, 6) is 1.33. The fraction of sp³-hybridized carbons (Fsp3) is 0.158. The number of hydrogen-bond acceptors (Lipinski definition) is 5. The van der Waals surface area contributed by atoms with Crippen LogP contribution in [0.25, 0.3) is 6.08 Å². The molecule has 1 heterocycles. The van der Waals surface area contributed by atoms with Crippen LogP contribution in [0.1, 0.15) is 12.5 Å². The zero-order chi connectivity index (χ0) is 19.4. The number of ether oxygens (including phenoxy) is 2. The summed E-state index contributed by atoms with van der Waals surface area (Å²) in [4.78, 5) is 17.3. The third kappa shape index (κ3) is 4.94. The van der Waals surface area contributed by atoms with Gasteiger partial charge in [0, 0.05) is 0 Å². The van der Waals surface area contributed by atoms with Crippen molar-refractivity contribution in [2.24, 2.45) is 4.99 Å². The summed E-state index contributed by atoms with van der Waals surface area (Å²) >= 11 is 8.24. The van der Waals surface area contributed by atoms with E-state index < -0.39 is 0 Å². The zero-order valence-corrected chi connectivity index (χ0v) is 18.6. The van der Waals surface area contributed by atoms with E-state index in [1.807, 2.05) is 49.4 Å². The molecule has 1 aliphatic heterocycles. The van der Waals surface area contributed by atoms with Crippen LogP contribution in [-0.2, 0) is 4.79 Å². The van der Waals surface area contributed by atoms with Crippen LogP contribution in [0.3, 0.4) is 0 Å². The van der Waals surface area contributed by atoms with Gasteiger partial charge in [-0.25, -0.2) is 4.99 Å². The maximum Gasteiger partial charge on any atom is 0.264 e. The van der Waals surface area contributed by atoms with Gasteiger partial charge in [-0.1, -0.05) is 0 Å². The summed E-state index contributed by atoms with van der Waals surface area (Å²) in [7, 11) is 1.60. The molecule has 0 unspecified atom stereocenters. The molecule has 0 spiro atoms. The van der Waals surface area contributed by atoms with Crippen molar-refractivity contribution in [1.82, 2.24) is 5.32 Å². The van der Waals surface area contributed by atoms with Crippen molar-refractivity contribution < 1.29 is 14.3 Å². The largest absolute Gasteiger partial charge is 0.494 e. The monoisotopic (exact) mass is 510 g/mol. The molecule has 27 heavy (non-hydrogen) atoms. The van der Waals surface area contributed by atoms with Crippen LogP contribution in [0.4, 0.5) is 5.69 Å². The number of nitrogens with zero attached hydrogens (tertiary/aromatic N) is 1. The minimum absolute atomic E-state index is 0.173. The first-order valence-corrected chi connectivity index (χ1v) is 10.5. The van der Waals surface area contributed by atoms with E-state index in [0.717, 1.165) is 25.9 Å². The number of hydrogen-bond donors (Lipinski definition) is 1. The quantitative estimate of drug-likeness (QED) is 0.537. The summed E-state index contributed by atoms with van der Waals surface area (Å²) in [5.41, 5.74) is 1.62. The molecule has 140 valence electrons. The molecule has 1 amide bonds. The van der Waals surface area contributed by atoms with Gasteiger partial charge in [0.25, 0.3) is 5.91 Å². The van der Waals surface area contributed by atoms with E-state index in [0.29, 0.717) is 22.4 Å². The molecule has 0 atom stereocenters. The van der Waals surface area contributed by atoms with E-state index in [4.69, 9.17) is 9.47 Å². The Hall–Kier alpha value is -1.77. The van der Waals surface area contributed by atoms with Gasteiger partial charge in [-0.3, -0.25) is 4.79 Å². The van der Waals surface area contributed by atoms with Crippen LogP contribution >= 0.6 is 43.6 Å². The standard InChI is InChI=1S/C19H16Br2N2O3S/c1-3-26-13-6-4-12(5-7-13)22-19-23-18(24)16(27-19)10-11-8-14(20)17(25-2)15(21)9-11/h4-10H,3H2,1-2H3,(H,22,23,24)/b16-10-. The van der Waals surface area contributed by atoms with Crippen LogP contribution in [0, 0.1) is 0 Å². The second-order valence-electron chi connectivity index (χ2n) is 5.43. The van der Waals surface area contributed by atoms with Crippen molar-refractivity contribution in [3.63, 3.8) is 0 Å². The SMILES string of the molecule is CCOc1ccc(N=C2NC(=O)/C(=C/c3cc(Br)c(OC)c(Br)c3)S2)cc1. The highest BCUT2D eigenvalue weighted by Crippen LogP contribution is 2.36. The number of carbonyl (C=O) groups is 1. The van der Waals surface area contributed by atoms with Gasteiger partial charge in [-0.2, -0.15) is 0 Å². The Morgan fingerprint density at radius 2 is 1.85 bits per heavy atom. The van der Waals surface area contributed by atoms with Crippen LogP contribution in [0.2, 0.25) is 0 Å². The Balaban J connectivity index is 1.80. The number of halogens is 2. The first kappa shape index (κ1) is 20.0. The van der Waals surface area contributed by atoms with Gasteiger partial charge >= 0.3 is 0 Å². The summed E-state index contributed by atoms with van der Waals surface area (Å²) in [6, 6.07) is 11.2. The van der Waals surface area contributed by atoms with Gasteiger partial charge in [0.1, 0.15) is 11.5 Å². The number of methoxy groups -OCH3 is 1. The topological polar surface area (TPSA) is 59.9 Å². The Morgan fingerprint density at radius 3 is 2.44 bits per heavy atom. The number of benzene rings is 2. The van der Waals surface area contributed by atoms with Crippen molar-refractivity contribution in [3.8, 4) is 11.5 Å². The molecule has 1 aliphatic rings. The van der Waals surface area contributed by atoms with Crippen molar-refractivity contribution in [2.75, 3.05) is 13.7 Å². The highest BCUT2D eigenvalue weighted by molar-refractivity contribution is 9.11. The minimum Gasteiger partial charge on any atom is -0.494 e. The predicted octanol–water partition coefficient (Wildman–Crippen LogP) is 5.51. The lowest BCUT2D eigenvalue weighted by molar-refractivity contribution is -0.115. The van der Waals surface area contributed by atoms with Crippen molar-refractivity contribution in [1.29, 1.82) is 0 Å². The Bertz CT molecular complexity index is 904. The average molecular weight is 512 g/mol. The highest BCUT2D eigenvalue weighted by Gasteiger charge is 2.24. The van der Waals surface area contributed by atoms with Crippen LogP contribution in [0.15, 0.2) is 55.2 Å². The number of carbonyl (C=O) groups excluding carboxylic acids is 1. The molecular formula is C19H16Br2N2O3S. The van der Waals surface area contributed by atoms with E-state index >= 15 is 0 Å². The molecule has 1 fully saturated rings. The Kier molecular flexibility index (Phi) is 6.62. The number of thioether (sulfide) groups is 1. The maximum absolute atomic E-state index is 12.3. The van der Waals surface area contributed by atoms with E-state index in [2.05, 4.69) is 42.2 Å². The molecule has 0 aliphatic carbocycles. The van der Waals surface area contributed by atoms with Gasteiger partial charge in [0.2, 0.25) is 0 Å². The number of aliphatic imine (C=N–C) groups is 1. The normalized spacial score (nSPS) is 16.7. The summed E-state index contributed by atoms with van der Waals surface area (Å²) in [6.07, 6.45) is 1.82. The van der Waals surface area contributed by atoms with Gasteiger partial charge in [-0.15, -0.1) is 0 Å². The third-order valence-corrected chi connectivity index (χ3v) is 5.64. The predicted molar refractivity (Wildman–Crippen MR) is 117 cm³/mol. The summed E-state index contributed by atoms with van der Waals surface area (Å²) < 4.78 is 12.3. The lowest BCUT2D eigenvalue weighted by atomic mass is 10.2. The van der Waals surface area contributed by atoms with Crippen molar-refractivity contribution in [3.05, 3.63) is 55.8 Å². The molecule has 3 rings (SSSR count). The second kappa shape index (κ2) is 8.95. The van der Waals surface area contributed by atoms with E-state index in [-0.39, 0.29) is 5.91 Å². The summed E-state index contributed by atoms with van der Waals surface area (Å²) in [6.45, 7) is 2.55. The van der Waals surface area contributed by atoms with Gasteiger partial charge in [0.15, 0.2) is 5.17 Å². The molecule has 5 nitrogen and oxygen atoms in total. The Labute approximate surface area is 178 Å². The molecule has 2 aromatic carbocycles. The lowest BCUT2D eigenvalue weighted by Gasteiger charge is -2.07. The highest BCUT2D eigenvalue weighted by atomic mass is 79.9. The van der Waals surface area contributed by atoms with Crippen LogP contribution < -0.4 is 14.8 Å². The van der Waals surface area contributed by atoms with Gasteiger partial charge in [-0.05, 0) is 98.6 Å². The first-order valence-electron chi connectivity index (χ1n) is 8.05. The molecule has 0 aromatic heterocycles. The number of nitrogens with one attached hydrogen (secondary N) is 1. The van der Waals surface area contributed by atoms with E-state index in [1.54, 1.807) is 7.11 Å². The molecular weight excluding hydrogens is 496 g/mol. The molecule has 0 saturated carbocycles. The number of rotatable bonds is 5. The maximum atomic E-state index is 12.3. The summed E-state index contributed by atoms with van der Waals surface area (Å²) in [5, 5.41) is 3.33. The van der Waals surface area contributed by atoms with Gasteiger partial charge in [0.05, 0.1) is 33.3 Å². The van der Waals surface area contributed by atoms with Crippen molar-refractivity contribution >= 4 is 66.5 Å². The minimum atomic E-state index is -0.173. The van der Waals surface area contributed by atoms with Crippen LogP contribution in [0.5, 0.6) is 11.5 Å².